The Hall–Kier alpha value is -1.85. The summed E-state index contributed by atoms with van der Waals surface area (Å²) in [6, 6.07) is 16.2. The topological polar surface area (TPSA) is 33.2 Å². The van der Waals surface area contributed by atoms with Crippen LogP contribution in [0.1, 0.15) is 19.4 Å². The Morgan fingerprint density at radius 3 is 2.67 bits per heavy atom. The van der Waals surface area contributed by atoms with Gasteiger partial charge in [0.05, 0.1) is 16.0 Å². The van der Waals surface area contributed by atoms with E-state index in [4.69, 9.17) is 0 Å². The molecule has 0 spiro atoms. The number of hydrogen-bond donors (Lipinski definition) is 0. The Kier molecular flexibility index (Phi) is 5.21. The minimum absolute atomic E-state index is 0.108. The fourth-order valence-electron chi connectivity index (χ4n) is 2.58. The molecule has 1 amide bonds. The van der Waals surface area contributed by atoms with Gasteiger partial charge in [0.25, 0.3) is 0 Å². The van der Waals surface area contributed by atoms with Gasteiger partial charge >= 0.3 is 0 Å². The zero-order valence-corrected chi connectivity index (χ0v) is 15.7. The van der Waals surface area contributed by atoms with E-state index in [1.807, 2.05) is 55.1 Å². The number of aromatic nitrogens is 1. The van der Waals surface area contributed by atoms with Gasteiger partial charge in [0, 0.05) is 11.7 Å². The number of fused-ring (bicyclic) bond motifs is 1. The van der Waals surface area contributed by atoms with Crippen LogP contribution in [-0.2, 0) is 4.79 Å². The molecule has 5 heteroatoms. The van der Waals surface area contributed by atoms with Gasteiger partial charge in [-0.15, -0.1) is 11.3 Å². The number of para-hydroxylation sites is 1. The Morgan fingerprint density at radius 1 is 1.21 bits per heavy atom. The van der Waals surface area contributed by atoms with Crippen LogP contribution in [0.4, 0.5) is 5.69 Å². The van der Waals surface area contributed by atoms with Crippen molar-refractivity contribution in [1.29, 1.82) is 0 Å². The first-order chi connectivity index (χ1) is 11.5. The third kappa shape index (κ3) is 3.79. The standard InChI is InChI=1S/C19H20N2OS2/c1-13(2)21(15-7-5-4-6-8-15)18(22)12-23-19-20-16-10-9-14(3)11-17(16)24-19/h4-11,13H,12H2,1-3H3. The van der Waals surface area contributed by atoms with Crippen molar-refractivity contribution in [3.05, 3.63) is 54.1 Å². The lowest BCUT2D eigenvalue weighted by atomic mass is 10.2. The lowest BCUT2D eigenvalue weighted by molar-refractivity contribution is -0.116. The van der Waals surface area contributed by atoms with Crippen LogP contribution < -0.4 is 4.90 Å². The maximum Gasteiger partial charge on any atom is 0.237 e. The zero-order chi connectivity index (χ0) is 17.1. The molecule has 3 aromatic rings. The fourth-order valence-corrected chi connectivity index (χ4v) is 4.61. The summed E-state index contributed by atoms with van der Waals surface area (Å²) in [7, 11) is 0. The van der Waals surface area contributed by atoms with Crippen LogP contribution in [0.15, 0.2) is 52.9 Å². The van der Waals surface area contributed by atoms with E-state index in [0.29, 0.717) is 5.75 Å². The Morgan fingerprint density at radius 2 is 1.96 bits per heavy atom. The number of amides is 1. The van der Waals surface area contributed by atoms with Gasteiger partial charge in [0.2, 0.25) is 5.91 Å². The number of thiazole rings is 1. The highest BCUT2D eigenvalue weighted by molar-refractivity contribution is 8.01. The van der Waals surface area contributed by atoms with Crippen LogP contribution in [0.5, 0.6) is 0 Å². The average molecular weight is 357 g/mol. The Bertz CT molecular complexity index is 843. The maximum atomic E-state index is 12.7. The molecule has 124 valence electrons. The molecule has 0 radical (unpaired) electrons. The van der Waals surface area contributed by atoms with Gasteiger partial charge in [-0.05, 0) is 50.6 Å². The minimum Gasteiger partial charge on any atom is -0.309 e. The summed E-state index contributed by atoms with van der Waals surface area (Å²) < 4.78 is 2.12. The Labute approximate surface area is 150 Å². The number of rotatable bonds is 5. The molecular weight excluding hydrogens is 336 g/mol. The number of aryl methyl sites for hydroxylation is 1. The lowest BCUT2D eigenvalue weighted by Crippen LogP contribution is -2.38. The molecule has 0 unspecified atom stereocenters. The van der Waals surface area contributed by atoms with Crippen molar-refractivity contribution in [2.75, 3.05) is 10.7 Å². The molecule has 0 N–H and O–H groups in total. The summed E-state index contributed by atoms with van der Waals surface area (Å²) in [6.07, 6.45) is 0. The normalized spacial score (nSPS) is 11.2. The highest BCUT2D eigenvalue weighted by atomic mass is 32.2. The molecule has 0 fully saturated rings. The average Bonchev–Trinajstić information content (AvgIpc) is 2.95. The van der Waals surface area contributed by atoms with Crippen LogP contribution in [0, 0.1) is 6.92 Å². The zero-order valence-electron chi connectivity index (χ0n) is 14.0. The summed E-state index contributed by atoms with van der Waals surface area (Å²) in [5.74, 6) is 0.503. The predicted molar refractivity (Wildman–Crippen MR) is 104 cm³/mol. The molecule has 24 heavy (non-hydrogen) atoms. The van der Waals surface area contributed by atoms with E-state index in [9.17, 15) is 4.79 Å². The molecule has 0 saturated carbocycles. The molecule has 1 aromatic heterocycles. The molecule has 0 atom stereocenters. The van der Waals surface area contributed by atoms with Gasteiger partial charge in [-0.3, -0.25) is 4.79 Å². The highest BCUT2D eigenvalue weighted by Crippen LogP contribution is 2.30. The first-order valence-corrected chi connectivity index (χ1v) is 9.72. The van der Waals surface area contributed by atoms with E-state index >= 15 is 0 Å². The van der Waals surface area contributed by atoms with Gasteiger partial charge in [-0.25, -0.2) is 4.98 Å². The van der Waals surface area contributed by atoms with Gasteiger partial charge < -0.3 is 4.90 Å². The molecule has 2 aromatic carbocycles. The van der Waals surface area contributed by atoms with Crippen molar-refractivity contribution >= 4 is 44.9 Å². The monoisotopic (exact) mass is 356 g/mol. The van der Waals surface area contributed by atoms with E-state index in [0.717, 1.165) is 15.5 Å². The van der Waals surface area contributed by atoms with E-state index in [-0.39, 0.29) is 11.9 Å². The molecular formula is C19H20N2OS2. The highest BCUT2D eigenvalue weighted by Gasteiger charge is 2.19. The second-order valence-electron chi connectivity index (χ2n) is 5.93. The smallest absolute Gasteiger partial charge is 0.237 e. The molecule has 1 heterocycles. The molecule has 0 aliphatic heterocycles. The largest absolute Gasteiger partial charge is 0.309 e. The predicted octanol–water partition coefficient (Wildman–Crippen LogP) is 5.14. The van der Waals surface area contributed by atoms with Crippen molar-refractivity contribution in [3.8, 4) is 0 Å². The van der Waals surface area contributed by atoms with Crippen LogP contribution >= 0.6 is 23.1 Å². The first-order valence-electron chi connectivity index (χ1n) is 7.91. The SMILES string of the molecule is Cc1ccc2nc(SCC(=O)N(c3ccccc3)C(C)C)sc2c1. The molecule has 3 rings (SSSR count). The number of thioether (sulfide) groups is 1. The molecule has 0 aliphatic carbocycles. The van der Waals surface area contributed by atoms with Crippen LogP contribution in [0.3, 0.4) is 0 Å². The quantitative estimate of drug-likeness (QED) is 0.594. The Balaban J connectivity index is 1.73. The van der Waals surface area contributed by atoms with Gasteiger partial charge in [0.1, 0.15) is 0 Å². The van der Waals surface area contributed by atoms with Crippen molar-refractivity contribution in [3.63, 3.8) is 0 Å². The maximum absolute atomic E-state index is 12.7. The molecule has 0 saturated heterocycles. The second kappa shape index (κ2) is 7.36. The summed E-state index contributed by atoms with van der Waals surface area (Å²) >= 11 is 3.17. The minimum atomic E-state index is 0.108. The number of nitrogens with zero attached hydrogens (tertiary/aromatic N) is 2. The summed E-state index contributed by atoms with van der Waals surface area (Å²) in [6.45, 7) is 6.15. The third-order valence-electron chi connectivity index (χ3n) is 3.66. The fraction of sp³-hybridized carbons (Fsp3) is 0.263. The van der Waals surface area contributed by atoms with Crippen molar-refractivity contribution in [2.45, 2.75) is 31.2 Å². The van der Waals surface area contributed by atoms with E-state index in [2.05, 4.69) is 24.0 Å². The van der Waals surface area contributed by atoms with E-state index < -0.39 is 0 Å². The van der Waals surface area contributed by atoms with Crippen LogP contribution in [-0.4, -0.2) is 22.7 Å². The number of carbonyl (C=O) groups excluding carboxylic acids is 1. The summed E-state index contributed by atoms with van der Waals surface area (Å²) in [4.78, 5) is 19.2. The molecule has 0 aliphatic rings. The van der Waals surface area contributed by atoms with Crippen LogP contribution in [0.25, 0.3) is 10.2 Å². The third-order valence-corrected chi connectivity index (χ3v) is 5.81. The van der Waals surface area contributed by atoms with Crippen molar-refractivity contribution < 1.29 is 4.79 Å². The van der Waals surface area contributed by atoms with Crippen molar-refractivity contribution in [1.82, 2.24) is 4.98 Å². The number of anilines is 1. The second-order valence-corrected chi connectivity index (χ2v) is 8.19. The molecule has 3 nitrogen and oxygen atoms in total. The van der Waals surface area contributed by atoms with Gasteiger partial charge in [-0.2, -0.15) is 0 Å². The van der Waals surface area contributed by atoms with Gasteiger partial charge in [-0.1, -0.05) is 36.0 Å². The van der Waals surface area contributed by atoms with E-state index in [1.165, 1.54) is 22.0 Å². The number of benzene rings is 2. The lowest BCUT2D eigenvalue weighted by Gasteiger charge is -2.26. The van der Waals surface area contributed by atoms with Crippen LogP contribution in [0.2, 0.25) is 0 Å². The summed E-state index contributed by atoms with van der Waals surface area (Å²) in [5.41, 5.74) is 3.18. The van der Waals surface area contributed by atoms with Gasteiger partial charge in [0.15, 0.2) is 4.34 Å². The summed E-state index contributed by atoms with van der Waals surface area (Å²) in [5, 5.41) is 0. The first kappa shape index (κ1) is 17.0. The number of hydrogen-bond acceptors (Lipinski definition) is 4. The molecule has 0 bridgehead atoms. The number of carbonyl (C=O) groups is 1. The van der Waals surface area contributed by atoms with E-state index in [1.54, 1.807) is 11.3 Å². The van der Waals surface area contributed by atoms with Crippen molar-refractivity contribution in [2.24, 2.45) is 0 Å².